The molecule has 49 heavy (non-hydrogen) atoms. The highest BCUT2D eigenvalue weighted by atomic mass is 19.3. The van der Waals surface area contributed by atoms with Crippen LogP contribution in [0.3, 0.4) is 0 Å². The minimum absolute atomic E-state index is 0.0220. The van der Waals surface area contributed by atoms with Crippen LogP contribution in [0.4, 0.5) is 26.2 Å². The van der Waals surface area contributed by atoms with Crippen LogP contribution in [0.1, 0.15) is 18.9 Å². The first-order chi connectivity index (χ1) is 23.6. The van der Waals surface area contributed by atoms with Gasteiger partial charge in [-0.15, -0.1) is 0 Å². The lowest BCUT2D eigenvalue weighted by atomic mass is 10.0. The molecule has 3 aromatic rings. The summed E-state index contributed by atoms with van der Waals surface area (Å²) in [5, 5.41) is 31.5. The molecule has 0 aliphatic carbocycles. The predicted molar refractivity (Wildman–Crippen MR) is 173 cm³/mol. The standard InChI is InChI=1S/C33H38F2N8O6/c1-20-15-41(11-12-43(20)23-17-48-18-23)25-4-6-29(39-30(25)47-2)40-32-37-9-7-24(38-32)21-3-5-27(22(13-21)14-36)49-28-8-10-42(19-33(28,34)35)31(46)26(45)16-44/h3-7,9,13,20,23,26,28,44-45H,8,10-12,15-19H2,1-2H3,(H,37,38,39,40)/t20-,26+,28?/m1/s1. The molecular weight excluding hydrogens is 642 g/mol. The summed E-state index contributed by atoms with van der Waals surface area (Å²) in [6.45, 7) is 4.42. The Morgan fingerprint density at radius 2 is 2.02 bits per heavy atom. The number of hydrogen-bond donors (Lipinski definition) is 3. The van der Waals surface area contributed by atoms with E-state index in [9.17, 15) is 23.9 Å². The van der Waals surface area contributed by atoms with Gasteiger partial charge in [-0.2, -0.15) is 10.2 Å². The minimum atomic E-state index is -3.46. The number of carbonyl (C=O) groups excluding carboxylic acids is 1. The van der Waals surface area contributed by atoms with Gasteiger partial charge >= 0.3 is 5.92 Å². The molecular formula is C33H38F2N8O6. The maximum atomic E-state index is 15.0. The number of likely N-dealkylation sites (tertiary alicyclic amines) is 1. The number of carbonyl (C=O) groups is 1. The molecule has 3 saturated heterocycles. The largest absolute Gasteiger partial charge is 0.483 e. The van der Waals surface area contributed by atoms with E-state index in [0.29, 0.717) is 35.0 Å². The molecule has 3 aliphatic rings. The molecule has 1 aromatic carbocycles. The number of piperidine rings is 1. The molecule has 0 bridgehead atoms. The summed E-state index contributed by atoms with van der Waals surface area (Å²) < 4.78 is 46.6. The average molecular weight is 681 g/mol. The fraction of sp³-hybridized carbons (Fsp3) is 0.485. The highest BCUT2D eigenvalue weighted by Crippen LogP contribution is 2.35. The van der Waals surface area contributed by atoms with Crippen LogP contribution in [0.2, 0.25) is 0 Å². The molecule has 14 nitrogen and oxygen atoms in total. The second kappa shape index (κ2) is 14.4. The minimum Gasteiger partial charge on any atom is -0.483 e. The summed E-state index contributed by atoms with van der Waals surface area (Å²) in [6, 6.07) is 12.8. The van der Waals surface area contributed by atoms with Crippen molar-refractivity contribution in [3.63, 3.8) is 0 Å². The zero-order chi connectivity index (χ0) is 34.7. The van der Waals surface area contributed by atoms with E-state index in [2.05, 4.69) is 37.0 Å². The molecule has 260 valence electrons. The number of ether oxygens (including phenoxy) is 3. The van der Waals surface area contributed by atoms with Crippen molar-refractivity contribution in [2.24, 2.45) is 0 Å². The zero-order valence-corrected chi connectivity index (χ0v) is 27.1. The quantitative estimate of drug-likeness (QED) is 0.285. The monoisotopic (exact) mass is 680 g/mol. The number of alkyl halides is 2. The summed E-state index contributed by atoms with van der Waals surface area (Å²) in [7, 11) is 1.58. The number of halogens is 2. The Labute approximate surface area is 281 Å². The fourth-order valence-corrected chi connectivity index (χ4v) is 6.31. The number of methoxy groups -OCH3 is 1. The molecule has 5 heterocycles. The molecule has 0 spiro atoms. The van der Waals surface area contributed by atoms with Crippen LogP contribution in [0, 0.1) is 11.3 Å². The first-order valence-corrected chi connectivity index (χ1v) is 16.0. The molecule has 3 atom stereocenters. The van der Waals surface area contributed by atoms with Gasteiger partial charge in [0, 0.05) is 50.4 Å². The van der Waals surface area contributed by atoms with Crippen molar-refractivity contribution >= 4 is 23.4 Å². The van der Waals surface area contributed by atoms with Crippen LogP contribution in [0.25, 0.3) is 11.3 Å². The number of aliphatic hydroxyl groups excluding tert-OH is 2. The van der Waals surface area contributed by atoms with Gasteiger partial charge in [-0.25, -0.2) is 18.7 Å². The molecule has 6 rings (SSSR count). The lowest BCUT2D eigenvalue weighted by Gasteiger charge is -2.47. The third-order valence-electron chi connectivity index (χ3n) is 9.01. The van der Waals surface area contributed by atoms with Gasteiger partial charge in [-0.1, -0.05) is 0 Å². The molecule has 2 aromatic heterocycles. The molecule has 16 heteroatoms. The van der Waals surface area contributed by atoms with Gasteiger partial charge in [0.15, 0.2) is 12.2 Å². The first-order valence-electron chi connectivity index (χ1n) is 16.0. The van der Waals surface area contributed by atoms with Crippen LogP contribution in [0.15, 0.2) is 42.6 Å². The van der Waals surface area contributed by atoms with Gasteiger partial charge in [0.25, 0.3) is 5.91 Å². The topological polar surface area (TPSA) is 169 Å². The highest BCUT2D eigenvalue weighted by Gasteiger charge is 2.48. The maximum absolute atomic E-state index is 15.0. The van der Waals surface area contributed by atoms with E-state index in [1.807, 2.05) is 18.2 Å². The predicted octanol–water partition coefficient (Wildman–Crippen LogP) is 2.04. The molecule has 3 N–H and O–H groups in total. The smallest absolute Gasteiger partial charge is 0.301 e. The Morgan fingerprint density at radius 1 is 1.20 bits per heavy atom. The van der Waals surface area contributed by atoms with E-state index in [0.717, 1.165) is 43.4 Å². The van der Waals surface area contributed by atoms with E-state index in [4.69, 9.17) is 19.3 Å². The lowest BCUT2D eigenvalue weighted by molar-refractivity contribution is -0.167. The second-order valence-electron chi connectivity index (χ2n) is 12.3. The number of hydrogen-bond acceptors (Lipinski definition) is 13. The van der Waals surface area contributed by atoms with Gasteiger partial charge in [-0.3, -0.25) is 9.69 Å². The number of nitrogens with zero attached hydrogens (tertiary/aromatic N) is 7. The molecule has 3 aliphatic heterocycles. The number of pyridine rings is 1. The van der Waals surface area contributed by atoms with E-state index < -0.39 is 37.2 Å². The first kappa shape index (κ1) is 34.2. The van der Waals surface area contributed by atoms with Crippen molar-refractivity contribution in [2.75, 3.05) is 69.9 Å². The number of nitrogens with one attached hydrogen (secondary N) is 1. The van der Waals surface area contributed by atoms with Crippen LogP contribution in [0.5, 0.6) is 11.6 Å². The van der Waals surface area contributed by atoms with Gasteiger partial charge in [0.2, 0.25) is 11.8 Å². The molecule has 3 fully saturated rings. The van der Waals surface area contributed by atoms with Gasteiger partial charge < -0.3 is 39.5 Å². The molecule has 1 amide bonds. The number of aliphatic hydroxyl groups is 2. The van der Waals surface area contributed by atoms with Crippen molar-refractivity contribution in [1.82, 2.24) is 24.8 Å². The highest BCUT2D eigenvalue weighted by molar-refractivity contribution is 5.81. The van der Waals surface area contributed by atoms with Crippen LogP contribution < -0.4 is 19.7 Å². The number of piperazine rings is 1. The second-order valence-corrected chi connectivity index (χ2v) is 12.3. The van der Waals surface area contributed by atoms with Crippen molar-refractivity contribution < 1.29 is 38.0 Å². The van der Waals surface area contributed by atoms with E-state index in [1.165, 1.54) is 12.1 Å². The number of aromatic nitrogens is 3. The van der Waals surface area contributed by atoms with Crippen LogP contribution >= 0.6 is 0 Å². The number of rotatable bonds is 10. The van der Waals surface area contributed by atoms with E-state index in [1.54, 1.807) is 25.4 Å². The van der Waals surface area contributed by atoms with Crippen molar-refractivity contribution in [1.29, 1.82) is 5.26 Å². The Morgan fingerprint density at radius 3 is 2.69 bits per heavy atom. The van der Waals surface area contributed by atoms with Crippen molar-refractivity contribution in [3.8, 4) is 29.0 Å². The Bertz CT molecular complexity index is 1710. The lowest BCUT2D eigenvalue weighted by Crippen LogP contribution is -2.60. The zero-order valence-electron chi connectivity index (χ0n) is 27.1. The number of nitriles is 1. The van der Waals surface area contributed by atoms with Gasteiger partial charge in [-0.05, 0) is 43.3 Å². The van der Waals surface area contributed by atoms with Crippen molar-refractivity contribution in [2.45, 2.75) is 43.6 Å². The SMILES string of the molecule is COc1nc(Nc2nccc(-c3ccc(OC4CCN(C(=O)[C@@H](O)CO)CC4(F)F)c(C#N)c3)n2)ccc1N1CCN(C2COC2)[C@H](C)C1. The normalized spacial score (nSPS) is 21.7. The Kier molecular flexibility index (Phi) is 10.1. The number of benzene rings is 1. The fourth-order valence-electron chi connectivity index (χ4n) is 6.31. The molecule has 1 unspecified atom stereocenters. The van der Waals surface area contributed by atoms with Gasteiger partial charge in [0.1, 0.15) is 23.3 Å². The molecule has 0 radical (unpaired) electrons. The molecule has 0 saturated carbocycles. The van der Waals surface area contributed by atoms with Crippen LogP contribution in [-0.4, -0.2) is 131 Å². The van der Waals surface area contributed by atoms with Gasteiger partial charge in [0.05, 0.1) is 50.8 Å². The van der Waals surface area contributed by atoms with E-state index in [-0.39, 0.29) is 30.2 Å². The summed E-state index contributed by atoms with van der Waals surface area (Å²) in [5.74, 6) is -3.30. The maximum Gasteiger partial charge on any atom is 0.301 e. The summed E-state index contributed by atoms with van der Waals surface area (Å²) >= 11 is 0. The van der Waals surface area contributed by atoms with E-state index >= 15 is 0 Å². The van der Waals surface area contributed by atoms with Crippen LogP contribution in [-0.2, 0) is 9.53 Å². The Hall–Kier alpha value is -4.69. The third-order valence-corrected chi connectivity index (χ3v) is 9.01. The number of anilines is 3. The summed E-state index contributed by atoms with van der Waals surface area (Å²) in [6.07, 6.45) is -2.07. The summed E-state index contributed by atoms with van der Waals surface area (Å²) in [5.41, 5.74) is 1.91. The number of amides is 1. The van der Waals surface area contributed by atoms with Crippen molar-refractivity contribution in [3.05, 3.63) is 48.2 Å². The third kappa shape index (κ3) is 7.35. The summed E-state index contributed by atoms with van der Waals surface area (Å²) in [4.78, 5) is 31.2. The average Bonchev–Trinajstić information content (AvgIpc) is 3.08. The Balaban J connectivity index is 1.12.